The fourth-order valence-corrected chi connectivity index (χ4v) is 3.26. The van der Waals surface area contributed by atoms with Crippen LogP contribution < -0.4 is 10.1 Å². The SMILES string of the molecule is COc1ccc(CNc2ccc(C3CCCCC3)cc2)cc1. The predicted molar refractivity (Wildman–Crippen MR) is 92.6 cm³/mol. The van der Waals surface area contributed by atoms with Crippen molar-refractivity contribution in [3.05, 3.63) is 59.7 Å². The molecule has 1 fully saturated rings. The van der Waals surface area contributed by atoms with E-state index in [2.05, 4.69) is 41.7 Å². The van der Waals surface area contributed by atoms with Gasteiger partial charge in [-0.3, -0.25) is 0 Å². The summed E-state index contributed by atoms with van der Waals surface area (Å²) >= 11 is 0. The molecule has 3 rings (SSSR count). The van der Waals surface area contributed by atoms with Crippen molar-refractivity contribution in [2.75, 3.05) is 12.4 Å². The lowest BCUT2D eigenvalue weighted by Crippen LogP contribution is -2.05. The summed E-state index contributed by atoms with van der Waals surface area (Å²) in [6.45, 7) is 0.840. The van der Waals surface area contributed by atoms with E-state index in [0.29, 0.717) is 0 Å². The Morgan fingerprint density at radius 2 is 1.59 bits per heavy atom. The van der Waals surface area contributed by atoms with Gasteiger partial charge in [0.05, 0.1) is 7.11 Å². The van der Waals surface area contributed by atoms with Crippen LogP contribution in [-0.2, 0) is 6.54 Å². The first-order valence-corrected chi connectivity index (χ1v) is 8.32. The first-order chi connectivity index (χ1) is 10.8. The highest BCUT2D eigenvalue weighted by Crippen LogP contribution is 2.33. The van der Waals surface area contributed by atoms with Gasteiger partial charge in [-0.2, -0.15) is 0 Å². The molecule has 2 nitrogen and oxygen atoms in total. The van der Waals surface area contributed by atoms with Gasteiger partial charge in [0.1, 0.15) is 5.75 Å². The predicted octanol–water partition coefficient (Wildman–Crippen LogP) is 5.36. The van der Waals surface area contributed by atoms with E-state index in [-0.39, 0.29) is 0 Å². The molecule has 1 N–H and O–H groups in total. The Morgan fingerprint density at radius 3 is 2.23 bits per heavy atom. The molecule has 0 bridgehead atoms. The van der Waals surface area contributed by atoms with Crippen LogP contribution in [0, 0.1) is 0 Å². The minimum absolute atomic E-state index is 0.782. The third kappa shape index (κ3) is 3.82. The third-order valence-corrected chi connectivity index (χ3v) is 4.64. The van der Waals surface area contributed by atoms with Crippen LogP contribution in [0.3, 0.4) is 0 Å². The fraction of sp³-hybridized carbons (Fsp3) is 0.400. The first kappa shape index (κ1) is 15.0. The molecule has 0 amide bonds. The van der Waals surface area contributed by atoms with Gasteiger partial charge in [-0.05, 0) is 54.2 Å². The number of ether oxygens (including phenoxy) is 1. The van der Waals surface area contributed by atoms with Crippen molar-refractivity contribution in [1.29, 1.82) is 0 Å². The number of anilines is 1. The molecule has 1 saturated carbocycles. The summed E-state index contributed by atoms with van der Waals surface area (Å²) in [6.07, 6.45) is 6.92. The van der Waals surface area contributed by atoms with Crippen LogP contribution in [0.25, 0.3) is 0 Å². The fourth-order valence-electron chi connectivity index (χ4n) is 3.26. The van der Waals surface area contributed by atoms with Crippen LogP contribution in [0.15, 0.2) is 48.5 Å². The molecule has 0 radical (unpaired) electrons. The van der Waals surface area contributed by atoms with Crippen LogP contribution in [0.1, 0.15) is 49.1 Å². The second-order valence-corrected chi connectivity index (χ2v) is 6.16. The monoisotopic (exact) mass is 295 g/mol. The molecule has 0 aromatic heterocycles. The summed E-state index contributed by atoms with van der Waals surface area (Å²) < 4.78 is 5.18. The molecule has 0 heterocycles. The topological polar surface area (TPSA) is 21.3 Å². The molecule has 116 valence electrons. The second-order valence-electron chi connectivity index (χ2n) is 6.16. The molecule has 22 heavy (non-hydrogen) atoms. The maximum atomic E-state index is 5.18. The smallest absolute Gasteiger partial charge is 0.118 e. The molecular weight excluding hydrogens is 270 g/mol. The van der Waals surface area contributed by atoms with Gasteiger partial charge >= 0.3 is 0 Å². The highest BCUT2D eigenvalue weighted by Gasteiger charge is 2.14. The van der Waals surface area contributed by atoms with E-state index in [9.17, 15) is 0 Å². The van der Waals surface area contributed by atoms with Gasteiger partial charge in [-0.25, -0.2) is 0 Å². The number of hydrogen-bond donors (Lipinski definition) is 1. The quantitative estimate of drug-likeness (QED) is 0.802. The molecule has 0 spiro atoms. The largest absolute Gasteiger partial charge is 0.497 e. The van der Waals surface area contributed by atoms with E-state index in [1.54, 1.807) is 7.11 Å². The lowest BCUT2D eigenvalue weighted by Gasteiger charge is -2.22. The average molecular weight is 295 g/mol. The van der Waals surface area contributed by atoms with Crippen molar-refractivity contribution in [2.24, 2.45) is 0 Å². The summed E-state index contributed by atoms with van der Waals surface area (Å²) in [7, 11) is 1.70. The Bertz CT molecular complexity index is 568. The number of rotatable bonds is 5. The number of methoxy groups -OCH3 is 1. The van der Waals surface area contributed by atoms with Gasteiger partial charge in [0.2, 0.25) is 0 Å². The normalized spacial score (nSPS) is 15.5. The molecule has 2 heteroatoms. The van der Waals surface area contributed by atoms with Crippen LogP contribution in [0.5, 0.6) is 5.75 Å². The van der Waals surface area contributed by atoms with Crippen LogP contribution in [0.4, 0.5) is 5.69 Å². The van der Waals surface area contributed by atoms with E-state index < -0.39 is 0 Å². The van der Waals surface area contributed by atoms with Crippen LogP contribution in [-0.4, -0.2) is 7.11 Å². The number of nitrogens with one attached hydrogen (secondary N) is 1. The zero-order chi connectivity index (χ0) is 15.2. The van der Waals surface area contributed by atoms with Crippen molar-refractivity contribution in [3.63, 3.8) is 0 Å². The Hall–Kier alpha value is -1.96. The molecule has 2 aromatic rings. The minimum atomic E-state index is 0.782. The molecule has 1 aliphatic rings. The highest BCUT2D eigenvalue weighted by molar-refractivity contribution is 5.46. The third-order valence-electron chi connectivity index (χ3n) is 4.64. The second kappa shape index (κ2) is 7.35. The van der Waals surface area contributed by atoms with Gasteiger partial charge < -0.3 is 10.1 Å². The summed E-state index contributed by atoms with van der Waals surface area (Å²) in [5.41, 5.74) is 3.96. The molecule has 0 saturated heterocycles. The zero-order valence-electron chi connectivity index (χ0n) is 13.3. The zero-order valence-corrected chi connectivity index (χ0v) is 13.3. The maximum Gasteiger partial charge on any atom is 0.118 e. The summed E-state index contributed by atoms with van der Waals surface area (Å²) in [4.78, 5) is 0. The standard InChI is InChI=1S/C20H25NO/c1-22-20-13-7-16(8-14-20)15-21-19-11-9-18(10-12-19)17-5-3-2-4-6-17/h7-14,17,21H,2-6,15H2,1H3. The molecular formula is C20H25NO. The van der Waals surface area contributed by atoms with Gasteiger partial charge in [-0.15, -0.1) is 0 Å². The van der Waals surface area contributed by atoms with E-state index >= 15 is 0 Å². The average Bonchev–Trinajstić information content (AvgIpc) is 2.61. The van der Waals surface area contributed by atoms with Crippen molar-refractivity contribution < 1.29 is 4.74 Å². The van der Waals surface area contributed by atoms with Gasteiger partial charge in [0, 0.05) is 12.2 Å². The summed E-state index contributed by atoms with van der Waals surface area (Å²) in [5, 5.41) is 3.49. The lowest BCUT2D eigenvalue weighted by atomic mass is 9.84. The lowest BCUT2D eigenvalue weighted by molar-refractivity contribution is 0.414. The molecule has 1 aliphatic carbocycles. The van der Waals surface area contributed by atoms with Gasteiger partial charge in [-0.1, -0.05) is 43.5 Å². The van der Waals surface area contributed by atoms with Crippen molar-refractivity contribution >= 4 is 5.69 Å². The van der Waals surface area contributed by atoms with E-state index in [1.807, 2.05) is 12.1 Å². The van der Waals surface area contributed by atoms with Crippen molar-refractivity contribution in [1.82, 2.24) is 0 Å². The maximum absolute atomic E-state index is 5.18. The van der Waals surface area contributed by atoms with E-state index in [4.69, 9.17) is 4.74 Å². The molecule has 0 aliphatic heterocycles. The van der Waals surface area contributed by atoms with Gasteiger partial charge in [0.25, 0.3) is 0 Å². The molecule has 0 atom stereocenters. The number of hydrogen-bond acceptors (Lipinski definition) is 2. The van der Waals surface area contributed by atoms with E-state index in [1.165, 1.54) is 48.9 Å². The van der Waals surface area contributed by atoms with Crippen molar-refractivity contribution in [3.8, 4) is 5.75 Å². The Morgan fingerprint density at radius 1 is 0.909 bits per heavy atom. The van der Waals surface area contributed by atoms with Gasteiger partial charge in [0.15, 0.2) is 0 Å². The van der Waals surface area contributed by atoms with Crippen LogP contribution >= 0.6 is 0 Å². The molecule has 2 aromatic carbocycles. The Kier molecular flexibility index (Phi) is 4.99. The summed E-state index contributed by atoms with van der Waals surface area (Å²) in [5.74, 6) is 1.69. The first-order valence-electron chi connectivity index (χ1n) is 8.32. The number of benzene rings is 2. The van der Waals surface area contributed by atoms with E-state index in [0.717, 1.165) is 18.2 Å². The highest BCUT2D eigenvalue weighted by atomic mass is 16.5. The Labute approximate surface area is 133 Å². The van der Waals surface area contributed by atoms with Crippen molar-refractivity contribution in [2.45, 2.75) is 44.6 Å². The van der Waals surface area contributed by atoms with Crippen LogP contribution in [0.2, 0.25) is 0 Å². The minimum Gasteiger partial charge on any atom is -0.497 e. The summed E-state index contributed by atoms with van der Waals surface area (Å²) in [6, 6.07) is 17.2. The molecule has 0 unspecified atom stereocenters. The Balaban J connectivity index is 1.56.